The molecule has 0 aliphatic carbocycles. The Kier molecular flexibility index (Phi) is 2.33. The Morgan fingerprint density at radius 2 is 2.00 bits per heavy atom. The fraction of sp³-hybridized carbons (Fsp3) is 0.133. The summed E-state index contributed by atoms with van der Waals surface area (Å²) in [5, 5.41) is 1.14. The number of aromatic amines is 1. The molecule has 2 heterocycles. The highest BCUT2D eigenvalue weighted by atomic mass is 14.9. The number of anilines is 1. The molecule has 0 amide bonds. The Hall–Kier alpha value is -2.29. The van der Waals surface area contributed by atoms with Crippen LogP contribution in [0.2, 0.25) is 0 Å². The van der Waals surface area contributed by atoms with Crippen molar-refractivity contribution in [3.05, 3.63) is 47.8 Å². The molecule has 0 spiro atoms. The monoisotopic (exact) mass is 237 g/mol. The van der Waals surface area contributed by atoms with Gasteiger partial charge in [-0.1, -0.05) is 12.1 Å². The number of benzene rings is 1. The molecule has 0 saturated carbocycles. The second-order valence-corrected chi connectivity index (χ2v) is 4.60. The minimum absolute atomic E-state index is 0.824. The van der Waals surface area contributed by atoms with Crippen LogP contribution in [0.1, 0.15) is 11.3 Å². The number of hydrogen-bond donors (Lipinski definition) is 2. The number of nitrogens with two attached hydrogens (primary N) is 1. The number of hydrogen-bond acceptors (Lipinski definition) is 2. The van der Waals surface area contributed by atoms with Crippen LogP contribution in [-0.2, 0) is 0 Å². The van der Waals surface area contributed by atoms with Crippen molar-refractivity contribution in [1.82, 2.24) is 9.97 Å². The summed E-state index contributed by atoms with van der Waals surface area (Å²) in [4.78, 5) is 7.65. The van der Waals surface area contributed by atoms with Gasteiger partial charge >= 0.3 is 0 Å². The van der Waals surface area contributed by atoms with E-state index in [9.17, 15) is 0 Å². The van der Waals surface area contributed by atoms with Crippen LogP contribution >= 0.6 is 0 Å². The van der Waals surface area contributed by atoms with Gasteiger partial charge in [0.15, 0.2) is 0 Å². The summed E-state index contributed by atoms with van der Waals surface area (Å²) in [5.74, 6) is 0. The van der Waals surface area contributed by atoms with E-state index in [2.05, 4.69) is 35.1 Å². The summed E-state index contributed by atoms with van der Waals surface area (Å²) in [6.45, 7) is 4.08. The lowest BCUT2D eigenvalue weighted by Gasteiger charge is -2.05. The lowest BCUT2D eigenvalue weighted by molar-refractivity contribution is 1.25. The van der Waals surface area contributed by atoms with E-state index in [-0.39, 0.29) is 0 Å². The number of fused-ring (bicyclic) bond motifs is 1. The highest BCUT2D eigenvalue weighted by Crippen LogP contribution is 2.32. The number of H-pyrrole nitrogens is 1. The van der Waals surface area contributed by atoms with Gasteiger partial charge in [0, 0.05) is 28.5 Å². The largest absolute Gasteiger partial charge is 0.398 e. The fourth-order valence-corrected chi connectivity index (χ4v) is 2.32. The normalized spacial score (nSPS) is 11.0. The number of pyridine rings is 1. The highest BCUT2D eigenvalue weighted by Gasteiger charge is 2.11. The third-order valence-corrected chi connectivity index (χ3v) is 3.33. The first-order chi connectivity index (χ1) is 8.66. The van der Waals surface area contributed by atoms with Crippen molar-refractivity contribution in [2.45, 2.75) is 13.8 Å². The van der Waals surface area contributed by atoms with Crippen LogP contribution in [0.15, 0.2) is 36.5 Å². The van der Waals surface area contributed by atoms with Gasteiger partial charge in [-0.2, -0.15) is 0 Å². The molecular formula is C15H15N3. The lowest BCUT2D eigenvalue weighted by atomic mass is 10.0. The van der Waals surface area contributed by atoms with E-state index in [4.69, 9.17) is 5.73 Å². The van der Waals surface area contributed by atoms with Crippen LogP contribution in [0.4, 0.5) is 5.69 Å². The number of aryl methyl sites for hydroxylation is 2. The van der Waals surface area contributed by atoms with Crippen molar-refractivity contribution in [1.29, 1.82) is 0 Å². The standard InChI is InChI=1S/C15H15N3/c1-9-5-6-11(8-13(9)16)14-10(2)18-15-12(14)4-3-7-17-15/h3-8H,16H2,1-2H3,(H,17,18). The zero-order valence-corrected chi connectivity index (χ0v) is 10.5. The van der Waals surface area contributed by atoms with Crippen molar-refractivity contribution in [3.8, 4) is 11.1 Å². The summed E-state index contributed by atoms with van der Waals surface area (Å²) in [5.41, 5.74) is 12.3. The molecule has 3 aromatic rings. The third kappa shape index (κ3) is 1.56. The zero-order chi connectivity index (χ0) is 12.7. The van der Waals surface area contributed by atoms with Gasteiger partial charge in [0.1, 0.15) is 5.65 Å². The van der Waals surface area contributed by atoms with E-state index in [1.165, 1.54) is 5.56 Å². The van der Waals surface area contributed by atoms with Gasteiger partial charge < -0.3 is 10.7 Å². The minimum Gasteiger partial charge on any atom is -0.398 e. The Morgan fingerprint density at radius 1 is 1.17 bits per heavy atom. The first kappa shape index (κ1) is 10.8. The molecule has 0 saturated heterocycles. The van der Waals surface area contributed by atoms with Gasteiger partial charge in [0.05, 0.1) is 0 Å². The van der Waals surface area contributed by atoms with E-state index in [0.717, 1.165) is 33.5 Å². The molecular weight excluding hydrogens is 222 g/mol. The summed E-state index contributed by atoms with van der Waals surface area (Å²) in [6, 6.07) is 10.2. The van der Waals surface area contributed by atoms with Gasteiger partial charge in [-0.05, 0) is 43.2 Å². The molecule has 3 N–H and O–H groups in total. The summed E-state index contributed by atoms with van der Waals surface area (Å²) >= 11 is 0. The predicted octanol–water partition coefficient (Wildman–Crippen LogP) is 3.43. The number of rotatable bonds is 1. The highest BCUT2D eigenvalue weighted by molar-refractivity contribution is 5.96. The summed E-state index contributed by atoms with van der Waals surface area (Å²) in [7, 11) is 0. The molecule has 0 atom stereocenters. The molecule has 3 rings (SSSR count). The molecule has 90 valence electrons. The number of nitrogens with one attached hydrogen (secondary N) is 1. The number of nitrogen functional groups attached to an aromatic ring is 1. The molecule has 1 aromatic carbocycles. The van der Waals surface area contributed by atoms with E-state index in [1.807, 2.05) is 19.1 Å². The zero-order valence-electron chi connectivity index (χ0n) is 10.5. The first-order valence-corrected chi connectivity index (χ1v) is 5.96. The van der Waals surface area contributed by atoms with Gasteiger partial charge in [-0.3, -0.25) is 0 Å². The molecule has 0 radical (unpaired) electrons. The van der Waals surface area contributed by atoms with E-state index >= 15 is 0 Å². The maximum atomic E-state index is 6.00. The molecule has 0 aliphatic rings. The second kappa shape index (κ2) is 3.88. The summed E-state index contributed by atoms with van der Waals surface area (Å²) in [6.07, 6.45) is 1.80. The number of aromatic nitrogens is 2. The molecule has 3 heteroatoms. The quantitative estimate of drug-likeness (QED) is 0.637. The van der Waals surface area contributed by atoms with Crippen LogP contribution < -0.4 is 5.73 Å². The van der Waals surface area contributed by atoms with Gasteiger partial charge in [0.2, 0.25) is 0 Å². The fourth-order valence-electron chi connectivity index (χ4n) is 2.32. The Morgan fingerprint density at radius 3 is 2.78 bits per heavy atom. The lowest BCUT2D eigenvalue weighted by Crippen LogP contribution is -1.90. The molecule has 0 fully saturated rings. The molecule has 0 aliphatic heterocycles. The van der Waals surface area contributed by atoms with Crippen molar-refractivity contribution < 1.29 is 0 Å². The Balaban J connectivity index is 2.30. The molecule has 18 heavy (non-hydrogen) atoms. The maximum absolute atomic E-state index is 6.00. The Labute approximate surface area is 106 Å². The van der Waals surface area contributed by atoms with Crippen molar-refractivity contribution >= 4 is 16.7 Å². The average molecular weight is 237 g/mol. The maximum Gasteiger partial charge on any atom is 0.138 e. The molecule has 0 bridgehead atoms. The van der Waals surface area contributed by atoms with E-state index in [0.29, 0.717) is 0 Å². The van der Waals surface area contributed by atoms with Crippen molar-refractivity contribution in [2.75, 3.05) is 5.73 Å². The van der Waals surface area contributed by atoms with E-state index < -0.39 is 0 Å². The molecule has 0 unspecified atom stereocenters. The van der Waals surface area contributed by atoms with Crippen molar-refractivity contribution in [3.63, 3.8) is 0 Å². The average Bonchev–Trinajstić information content (AvgIpc) is 2.69. The van der Waals surface area contributed by atoms with Crippen molar-refractivity contribution in [2.24, 2.45) is 0 Å². The van der Waals surface area contributed by atoms with Crippen LogP contribution in [0.5, 0.6) is 0 Å². The second-order valence-electron chi connectivity index (χ2n) is 4.60. The molecule has 2 aromatic heterocycles. The summed E-state index contributed by atoms with van der Waals surface area (Å²) < 4.78 is 0. The molecule has 3 nitrogen and oxygen atoms in total. The van der Waals surface area contributed by atoms with Gasteiger partial charge in [-0.25, -0.2) is 4.98 Å². The Bertz CT molecular complexity index is 726. The van der Waals surface area contributed by atoms with Crippen LogP contribution in [0, 0.1) is 13.8 Å². The van der Waals surface area contributed by atoms with Gasteiger partial charge in [-0.15, -0.1) is 0 Å². The van der Waals surface area contributed by atoms with E-state index in [1.54, 1.807) is 6.20 Å². The van der Waals surface area contributed by atoms with Crippen LogP contribution in [0.25, 0.3) is 22.2 Å². The smallest absolute Gasteiger partial charge is 0.138 e. The predicted molar refractivity (Wildman–Crippen MR) is 75.4 cm³/mol. The third-order valence-electron chi connectivity index (χ3n) is 3.33. The minimum atomic E-state index is 0.824. The van der Waals surface area contributed by atoms with Gasteiger partial charge in [0.25, 0.3) is 0 Å². The number of nitrogens with zero attached hydrogens (tertiary/aromatic N) is 1. The topological polar surface area (TPSA) is 54.7 Å². The SMILES string of the molecule is Cc1ccc(-c2c(C)[nH]c3ncccc23)cc1N. The van der Waals surface area contributed by atoms with Crippen LogP contribution in [-0.4, -0.2) is 9.97 Å². The van der Waals surface area contributed by atoms with Crippen LogP contribution in [0.3, 0.4) is 0 Å². The first-order valence-electron chi connectivity index (χ1n) is 5.96.